The van der Waals surface area contributed by atoms with E-state index in [4.69, 9.17) is 19.7 Å². The molecule has 2 aromatic carbocycles. The van der Waals surface area contributed by atoms with Gasteiger partial charge in [0.2, 0.25) is 0 Å². The summed E-state index contributed by atoms with van der Waals surface area (Å²) >= 11 is 7.97. The summed E-state index contributed by atoms with van der Waals surface area (Å²) in [6, 6.07) is 6.54. The van der Waals surface area contributed by atoms with Crippen LogP contribution in [-0.2, 0) is 9.59 Å². The SMILES string of the molecule is O=C(O)COc1c(I)cc(C(=O)c2cc(I)c(OCC(=O)O)c(I)c2)cc1I. The normalized spacial score (nSPS) is 10.4. The molecule has 0 aliphatic carbocycles. The van der Waals surface area contributed by atoms with Crippen molar-refractivity contribution in [2.24, 2.45) is 0 Å². The van der Waals surface area contributed by atoms with Crippen molar-refractivity contribution in [3.05, 3.63) is 49.7 Å². The van der Waals surface area contributed by atoms with Crippen molar-refractivity contribution in [2.75, 3.05) is 13.2 Å². The number of carbonyl (C=O) groups excluding carboxylic acids is 1. The van der Waals surface area contributed by atoms with Crippen LogP contribution in [0.25, 0.3) is 0 Å². The van der Waals surface area contributed by atoms with Crippen molar-refractivity contribution < 1.29 is 34.1 Å². The molecule has 0 radical (unpaired) electrons. The van der Waals surface area contributed by atoms with E-state index in [0.717, 1.165) is 0 Å². The molecule has 2 rings (SSSR count). The van der Waals surface area contributed by atoms with Gasteiger partial charge in [-0.25, -0.2) is 9.59 Å². The minimum absolute atomic E-state index is 0.221. The van der Waals surface area contributed by atoms with E-state index in [1.807, 2.05) is 90.4 Å². The maximum Gasteiger partial charge on any atom is 0.341 e. The molecule has 7 nitrogen and oxygen atoms in total. The van der Waals surface area contributed by atoms with Gasteiger partial charge in [-0.15, -0.1) is 0 Å². The zero-order valence-electron chi connectivity index (χ0n) is 13.7. The van der Waals surface area contributed by atoms with Gasteiger partial charge in [-0.05, 0) is 115 Å². The molecule has 2 N–H and O–H groups in total. The Hall–Kier alpha value is -0.430. The Kier molecular flexibility index (Phi) is 8.99. The zero-order valence-corrected chi connectivity index (χ0v) is 22.3. The van der Waals surface area contributed by atoms with Crippen LogP contribution < -0.4 is 9.47 Å². The number of aliphatic carboxylic acids is 2. The van der Waals surface area contributed by atoms with Crippen LogP contribution in [0.5, 0.6) is 11.5 Å². The third-order valence-electron chi connectivity index (χ3n) is 3.20. The maximum atomic E-state index is 12.9. The number of rotatable bonds is 8. The van der Waals surface area contributed by atoms with Crippen LogP contribution in [0.4, 0.5) is 0 Å². The predicted octanol–water partition coefficient (Wildman–Crippen LogP) is 4.26. The van der Waals surface area contributed by atoms with Gasteiger partial charge < -0.3 is 19.7 Å². The highest BCUT2D eigenvalue weighted by Crippen LogP contribution is 2.32. The van der Waals surface area contributed by atoms with E-state index in [1.165, 1.54) is 0 Å². The van der Waals surface area contributed by atoms with Crippen LogP contribution in [0.1, 0.15) is 15.9 Å². The Bertz CT molecular complexity index is 837. The average Bonchev–Trinajstić information content (AvgIpc) is 2.58. The summed E-state index contributed by atoms with van der Waals surface area (Å²) in [6.07, 6.45) is 0. The van der Waals surface area contributed by atoms with Crippen molar-refractivity contribution in [1.82, 2.24) is 0 Å². The molecule has 0 bridgehead atoms. The lowest BCUT2D eigenvalue weighted by molar-refractivity contribution is -0.140. The molecule has 0 aliphatic heterocycles. The molecule has 148 valence electrons. The molecule has 0 saturated carbocycles. The molecule has 0 spiro atoms. The van der Waals surface area contributed by atoms with E-state index in [9.17, 15) is 14.4 Å². The predicted molar refractivity (Wildman–Crippen MR) is 133 cm³/mol. The fraction of sp³-hybridized carbons (Fsp3) is 0.118. The van der Waals surface area contributed by atoms with Crippen LogP contribution in [-0.4, -0.2) is 41.1 Å². The van der Waals surface area contributed by atoms with Crippen molar-refractivity contribution in [2.45, 2.75) is 0 Å². The third-order valence-corrected chi connectivity index (χ3v) is 6.41. The molecule has 28 heavy (non-hydrogen) atoms. The number of carboxylic acid groups (broad SMARTS) is 2. The molecule has 0 unspecified atom stereocenters. The van der Waals surface area contributed by atoms with Crippen LogP contribution in [0.2, 0.25) is 0 Å². The molecule has 0 amide bonds. The smallest absolute Gasteiger partial charge is 0.341 e. The lowest BCUT2D eigenvalue weighted by Crippen LogP contribution is -2.12. The molecule has 11 heteroatoms. The molecule has 0 saturated heterocycles. The van der Waals surface area contributed by atoms with Gasteiger partial charge in [-0.2, -0.15) is 0 Å². The fourth-order valence-electron chi connectivity index (χ4n) is 2.09. The number of ketones is 1. The van der Waals surface area contributed by atoms with Gasteiger partial charge in [0.15, 0.2) is 19.0 Å². The highest BCUT2D eigenvalue weighted by Gasteiger charge is 2.19. The number of carbonyl (C=O) groups is 3. The van der Waals surface area contributed by atoms with E-state index in [2.05, 4.69) is 0 Å². The van der Waals surface area contributed by atoms with E-state index in [1.54, 1.807) is 24.3 Å². The Balaban J connectivity index is 2.33. The molecular formula is C17H10I4O7. The first kappa shape index (κ1) is 23.8. The highest BCUT2D eigenvalue weighted by molar-refractivity contribution is 14.1. The Morgan fingerprint density at radius 1 is 0.679 bits per heavy atom. The second-order valence-corrected chi connectivity index (χ2v) is 9.88. The van der Waals surface area contributed by atoms with Gasteiger partial charge in [0.05, 0.1) is 14.3 Å². The quantitative estimate of drug-likeness (QED) is 0.303. The van der Waals surface area contributed by atoms with Gasteiger partial charge in [-0.3, -0.25) is 4.79 Å². The fourth-order valence-corrected chi connectivity index (χ4v) is 6.25. The molecule has 0 aliphatic rings. The first-order valence-electron chi connectivity index (χ1n) is 7.32. The summed E-state index contributed by atoms with van der Waals surface area (Å²) in [5.41, 5.74) is 0.865. The van der Waals surface area contributed by atoms with Crippen molar-refractivity contribution in [3.63, 3.8) is 0 Å². The van der Waals surface area contributed by atoms with E-state index < -0.39 is 25.2 Å². The monoisotopic (exact) mass is 834 g/mol. The molecule has 0 heterocycles. The van der Waals surface area contributed by atoms with Gasteiger partial charge in [0.25, 0.3) is 0 Å². The summed E-state index contributed by atoms with van der Waals surface area (Å²) in [6.45, 7) is -0.930. The molecule has 0 aromatic heterocycles. The second-order valence-electron chi connectivity index (χ2n) is 5.23. The number of hydrogen-bond acceptors (Lipinski definition) is 5. The second kappa shape index (κ2) is 10.6. The van der Waals surface area contributed by atoms with E-state index in [-0.39, 0.29) is 5.78 Å². The van der Waals surface area contributed by atoms with Crippen molar-refractivity contribution in [3.8, 4) is 11.5 Å². The first-order valence-corrected chi connectivity index (χ1v) is 11.6. The van der Waals surface area contributed by atoms with Crippen LogP contribution in [0.3, 0.4) is 0 Å². The largest absolute Gasteiger partial charge is 0.480 e. The Labute approximate surface area is 214 Å². The van der Waals surface area contributed by atoms with E-state index in [0.29, 0.717) is 36.9 Å². The number of hydrogen-bond donors (Lipinski definition) is 2. The van der Waals surface area contributed by atoms with Crippen LogP contribution >= 0.6 is 90.4 Å². The molecule has 2 aromatic rings. The van der Waals surface area contributed by atoms with E-state index >= 15 is 0 Å². The summed E-state index contributed by atoms with van der Waals surface area (Å²) in [7, 11) is 0. The molecule has 0 atom stereocenters. The lowest BCUT2D eigenvalue weighted by Gasteiger charge is -2.13. The summed E-state index contributed by atoms with van der Waals surface area (Å²) in [5, 5.41) is 17.5. The number of halogens is 4. The molecule has 0 fully saturated rings. The number of carboxylic acids is 2. The van der Waals surface area contributed by atoms with Gasteiger partial charge in [-0.1, -0.05) is 0 Å². The summed E-state index contributed by atoms with van der Waals surface area (Å²) in [5.74, 6) is -1.55. The number of benzene rings is 2. The minimum Gasteiger partial charge on any atom is -0.480 e. The minimum atomic E-state index is -1.08. The van der Waals surface area contributed by atoms with Crippen LogP contribution in [0.15, 0.2) is 24.3 Å². The standard InChI is InChI=1S/C17H10I4O7/c18-9-1-7(2-10(19)16(9)27-5-13(22)23)15(26)8-3-11(20)17(12(21)4-8)28-6-14(24)25/h1-4H,5-6H2,(H,22,23)(H,24,25). The summed E-state index contributed by atoms with van der Waals surface area (Å²) < 4.78 is 13.1. The third kappa shape index (κ3) is 6.28. The zero-order chi connectivity index (χ0) is 21.0. The lowest BCUT2D eigenvalue weighted by atomic mass is 10.0. The van der Waals surface area contributed by atoms with Gasteiger partial charge in [0.1, 0.15) is 11.5 Å². The van der Waals surface area contributed by atoms with Crippen molar-refractivity contribution >= 4 is 108 Å². The van der Waals surface area contributed by atoms with Crippen molar-refractivity contribution in [1.29, 1.82) is 0 Å². The highest BCUT2D eigenvalue weighted by atomic mass is 127. The number of ether oxygens (including phenoxy) is 2. The van der Waals surface area contributed by atoms with Crippen LogP contribution in [0, 0.1) is 14.3 Å². The van der Waals surface area contributed by atoms with Gasteiger partial charge in [0, 0.05) is 11.1 Å². The van der Waals surface area contributed by atoms with Gasteiger partial charge >= 0.3 is 11.9 Å². The Morgan fingerprint density at radius 3 is 1.21 bits per heavy atom. The Morgan fingerprint density at radius 2 is 0.964 bits per heavy atom. The topological polar surface area (TPSA) is 110 Å². The first-order chi connectivity index (χ1) is 13.1. The molecular weight excluding hydrogens is 824 g/mol. The maximum absolute atomic E-state index is 12.9. The summed E-state index contributed by atoms with van der Waals surface area (Å²) in [4.78, 5) is 34.3. The average molecular weight is 834 g/mol.